The quantitative estimate of drug-likeness (QED) is 0.851. The molecule has 0 aromatic heterocycles. The first-order valence-corrected chi connectivity index (χ1v) is 7.18. The minimum atomic E-state index is -0.812. The van der Waals surface area contributed by atoms with Crippen molar-refractivity contribution in [3.8, 4) is 6.07 Å². The third-order valence-electron chi connectivity index (χ3n) is 4.06. The van der Waals surface area contributed by atoms with Gasteiger partial charge < -0.3 is 5.11 Å². The maximum Gasteiger partial charge on any atom is 0.307 e. The molecule has 4 heteroatoms. The van der Waals surface area contributed by atoms with Crippen LogP contribution in [0.25, 0.3) is 0 Å². The maximum absolute atomic E-state index is 13.6. The van der Waals surface area contributed by atoms with Crippen molar-refractivity contribution >= 4 is 5.97 Å². The van der Waals surface area contributed by atoms with Gasteiger partial charge >= 0.3 is 5.97 Å². The molecule has 3 nitrogen and oxygen atoms in total. The topological polar surface area (TPSA) is 61.1 Å². The zero-order valence-corrected chi connectivity index (χ0v) is 11.8. The van der Waals surface area contributed by atoms with E-state index >= 15 is 0 Å². The first-order chi connectivity index (χ1) is 10.1. The molecule has 0 atom stereocenters. The summed E-state index contributed by atoms with van der Waals surface area (Å²) in [5, 5.41) is 17.3. The van der Waals surface area contributed by atoms with E-state index in [0.29, 0.717) is 11.8 Å². The van der Waals surface area contributed by atoms with Crippen LogP contribution < -0.4 is 0 Å². The van der Waals surface area contributed by atoms with E-state index < -0.39 is 11.8 Å². The molecular formula is C17H18FNO2. The number of carboxylic acids is 1. The van der Waals surface area contributed by atoms with Gasteiger partial charge in [0.25, 0.3) is 0 Å². The number of hydrogen-bond donors (Lipinski definition) is 1. The molecule has 0 heterocycles. The summed E-state index contributed by atoms with van der Waals surface area (Å²) in [4.78, 5) is 10.5. The van der Waals surface area contributed by atoms with Crippen LogP contribution in [0.2, 0.25) is 0 Å². The highest BCUT2D eigenvalue weighted by Gasteiger charge is 2.21. The van der Waals surface area contributed by atoms with Crippen LogP contribution in [0.4, 0.5) is 4.39 Å². The van der Waals surface area contributed by atoms with Gasteiger partial charge in [0, 0.05) is 0 Å². The van der Waals surface area contributed by atoms with E-state index in [-0.39, 0.29) is 12.0 Å². The van der Waals surface area contributed by atoms with Crippen LogP contribution >= 0.6 is 0 Å². The Morgan fingerprint density at radius 2 is 2.10 bits per heavy atom. The average Bonchev–Trinajstić information content (AvgIpc) is 2.47. The van der Waals surface area contributed by atoms with Crippen molar-refractivity contribution in [1.82, 2.24) is 0 Å². The smallest absolute Gasteiger partial charge is 0.307 e. The van der Waals surface area contributed by atoms with Gasteiger partial charge in [-0.1, -0.05) is 18.2 Å². The fourth-order valence-corrected chi connectivity index (χ4v) is 2.88. The number of nitriles is 1. The second-order valence-corrected chi connectivity index (χ2v) is 5.49. The van der Waals surface area contributed by atoms with Gasteiger partial charge in [-0.2, -0.15) is 5.26 Å². The Hall–Kier alpha value is -2.15. The van der Waals surface area contributed by atoms with Gasteiger partial charge in [0.1, 0.15) is 11.9 Å². The fraction of sp³-hybridized carbons (Fsp3) is 0.412. The number of carboxylic acid groups (broad SMARTS) is 1. The highest BCUT2D eigenvalue weighted by molar-refractivity contribution is 5.68. The molecule has 0 unspecified atom stereocenters. The lowest BCUT2D eigenvalue weighted by Crippen LogP contribution is -2.12. The van der Waals surface area contributed by atoms with E-state index in [2.05, 4.69) is 0 Å². The molecule has 110 valence electrons. The molecule has 1 aromatic rings. The lowest BCUT2D eigenvalue weighted by atomic mass is 9.78. The van der Waals surface area contributed by atoms with Gasteiger partial charge in [-0.3, -0.25) is 4.79 Å². The van der Waals surface area contributed by atoms with E-state index in [1.807, 2.05) is 18.2 Å². The van der Waals surface area contributed by atoms with Crippen molar-refractivity contribution in [2.45, 2.75) is 38.0 Å². The molecule has 2 rings (SSSR count). The van der Waals surface area contributed by atoms with Crippen molar-refractivity contribution < 1.29 is 14.3 Å². The molecular weight excluding hydrogens is 269 g/mol. The molecule has 1 aliphatic rings. The average molecular weight is 287 g/mol. The lowest BCUT2D eigenvalue weighted by Gasteiger charge is -2.27. The molecule has 0 amide bonds. The number of allylic oxidation sites excluding steroid dienone is 1. The molecule has 1 N–H and O–H groups in total. The Morgan fingerprint density at radius 3 is 2.67 bits per heavy atom. The molecule has 0 radical (unpaired) electrons. The van der Waals surface area contributed by atoms with E-state index in [0.717, 1.165) is 31.2 Å². The summed E-state index contributed by atoms with van der Waals surface area (Å²) in [6.07, 6.45) is 7.69. The van der Waals surface area contributed by atoms with Gasteiger partial charge in [0.15, 0.2) is 0 Å². The van der Waals surface area contributed by atoms with Crippen LogP contribution in [0.1, 0.15) is 49.1 Å². The normalized spacial score (nSPS) is 22.1. The van der Waals surface area contributed by atoms with E-state index in [1.54, 1.807) is 12.1 Å². The number of halogens is 1. The third-order valence-corrected chi connectivity index (χ3v) is 4.06. The Labute approximate surface area is 123 Å². The molecule has 0 spiro atoms. The first-order valence-electron chi connectivity index (χ1n) is 7.18. The van der Waals surface area contributed by atoms with Crippen molar-refractivity contribution in [2.24, 2.45) is 5.92 Å². The zero-order chi connectivity index (χ0) is 15.2. The fourth-order valence-electron chi connectivity index (χ4n) is 2.88. The summed E-state index contributed by atoms with van der Waals surface area (Å²) in [5.74, 6) is -0.508. The van der Waals surface area contributed by atoms with Crippen LogP contribution in [-0.4, -0.2) is 11.1 Å². The number of nitrogens with zero attached hydrogens (tertiary/aromatic N) is 1. The zero-order valence-electron chi connectivity index (χ0n) is 11.8. The molecule has 1 aromatic carbocycles. The van der Waals surface area contributed by atoms with Crippen molar-refractivity contribution in [1.29, 1.82) is 5.26 Å². The second kappa shape index (κ2) is 7.03. The van der Waals surface area contributed by atoms with Gasteiger partial charge in [-0.05, 0) is 55.2 Å². The van der Waals surface area contributed by atoms with E-state index in [1.165, 1.54) is 6.07 Å². The Kier molecular flexibility index (Phi) is 5.10. The molecule has 0 aliphatic heterocycles. The predicted molar refractivity (Wildman–Crippen MR) is 77.2 cm³/mol. The van der Waals surface area contributed by atoms with Crippen molar-refractivity contribution in [2.75, 3.05) is 0 Å². The van der Waals surface area contributed by atoms with Gasteiger partial charge in [-0.15, -0.1) is 0 Å². The summed E-state index contributed by atoms with van der Waals surface area (Å²) in [7, 11) is 0. The molecule has 0 saturated heterocycles. The summed E-state index contributed by atoms with van der Waals surface area (Å²) >= 11 is 0. The molecule has 1 saturated carbocycles. The van der Waals surface area contributed by atoms with Gasteiger partial charge in [-0.25, -0.2) is 4.39 Å². The van der Waals surface area contributed by atoms with Crippen molar-refractivity contribution in [3.63, 3.8) is 0 Å². The van der Waals surface area contributed by atoms with Gasteiger partial charge in [0.2, 0.25) is 0 Å². The monoisotopic (exact) mass is 287 g/mol. The molecule has 1 aliphatic carbocycles. The van der Waals surface area contributed by atoms with Crippen LogP contribution in [0.3, 0.4) is 0 Å². The summed E-state index contributed by atoms with van der Waals surface area (Å²) < 4.78 is 13.6. The summed E-state index contributed by atoms with van der Waals surface area (Å²) in [6, 6.07) is 6.69. The van der Waals surface area contributed by atoms with E-state index in [9.17, 15) is 9.18 Å². The molecule has 21 heavy (non-hydrogen) atoms. The SMILES string of the molecule is N#Cc1ccc(C2CCC(C=CCC(=O)O)CC2)cc1F. The summed E-state index contributed by atoms with van der Waals surface area (Å²) in [6.45, 7) is 0. The largest absolute Gasteiger partial charge is 0.481 e. The third kappa shape index (κ3) is 4.16. The number of hydrogen-bond acceptors (Lipinski definition) is 2. The molecule has 0 bridgehead atoms. The van der Waals surface area contributed by atoms with Crippen LogP contribution in [-0.2, 0) is 4.79 Å². The Bertz CT molecular complexity index is 581. The Balaban J connectivity index is 1.92. The van der Waals surface area contributed by atoms with Gasteiger partial charge in [0.05, 0.1) is 12.0 Å². The highest BCUT2D eigenvalue weighted by Crippen LogP contribution is 2.36. The minimum Gasteiger partial charge on any atom is -0.481 e. The second-order valence-electron chi connectivity index (χ2n) is 5.49. The highest BCUT2D eigenvalue weighted by atomic mass is 19.1. The number of aliphatic carboxylic acids is 1. The van der Waals surface area contributed by atoms with Crippen LogP contribution in [0, 0.1) is 23.1 Å². The number of benzene rings is 1. The van der Waals surface area contributed by atoms with E-state index in [4.69, 9.17) is 10.4 Å². The maximum atomic E-state index is 13.6. The number of carbonyl (C=O) groups is 1. The predicted octanol–water partition coefficient (Wildman–Crippen LogP) is 4.00. The molecule has 1 fully saturated rings. The Morgan fingerprint density at radius 1 is 1.38 bits per heavy atom. The lowest BCUT2D eigenvalue weighted by molar-refractivity contribution is -0.136. The van der Waals surface area contributed by atoms with Crippen LogP contribution in [0.5, 0.6) is 0 Å². The standard InChI is InChI=1S/C17H18FNO2/c18-16-10-14(8-9-15(16)11-19)13-6-4-12(5-7-13)2-1-3-17(20)21/h1-2,8-10,12-13H,3-7H2,(H,20,21). The minimum absolute atomic E-state index is 0.0702. The first kappa shape index (κ1) is 15.2. The summed E-state index contributed by atoms with van der Waals surface area (Å²) in [5.41, 5.74) is 1.04. The van der Waals surface area contributed by atoms with Crippen LogP contribution in [0.15, 0.2) is 30.4 Å². The van der Waals surface area contributed by atoms with Crippen molar-refractivity contribution in [3.05, 3.63) is 47.3 Å². The number of rotatable bonds is 4.